The topological polar surface area (TPSA) is 32.8 Å². The van der Waals surface area contributed by atoms with Crippen LogP contribution in [0.2, 0.25) is 0 Å². The van der Waals surface area contributed by atoms with E-state index in [1.54, 1.807) is 12.1 Å². The molecule has 136 valence electrons. The second kappa shape index (κ2) is 6.90. The molecule has 3 heterocycles. The molecule has 4 fully saturated rings. The summed E-state index contributed by atoms with van der Waals surface area (Å²) >= 11 is 0. The fourth-order valence-electron chi connectivity index (χ4n) is 4.19. The molecular weight excluding hydrogens is 326 g/mol. The second-order valence-corrected chi connectivity index (χ2v) is 7.61. The van der Waals surface area contributed by atoms with E-state index in [4.69, 9.17) is 0 Å². The number of piperidine rings is 1. The van der Waals surface area contributed by atoms with Crippen molar-refractivity contribution in [3.8, 4) is 5.75 Å². The fourth-order valence-corrected chi connectivity index (χ4v) is 4.19. The van der Waals surface area contributed by atoms with Crippen LogP contribution in [0.25, 0.3) is 0 Å². The average molecular weight is 350 g/mol. The third-order valence-corrected chi connectivity index (χ3v) is 5.61. The van der Waals surface area contributed by atoms with Gasteiger partial charge in [0.25, 0.3) is 5.91 Å². The van der Waals surface area contributed by atoms with Crippen LogP contribution in [0.4, 0.5) is 8.78 Å². The molecule has 6 heteroatoms. The Balaban J connectivity index is 1.47. The Labute approximate surface area is 146 Å². The van der Waals surface area contributed by atoms with Gasteiger partial charge in [0, 0.05) is 37.8 Å². The summed E-state index contributed by atoms with van der Waals surface area (Å²) in [5.74, 6) is 1.33. The zero-order valence-electron chi connectivity index (χ0n) is 14.2. The Morgan fingerprint density at radius 3 is 2.76 bits per heavy atom. The van der Waals surface area contributed by atoms with E-state index < -0.39 is 6.61 Å². The van der Waals surface area contributed by atoms with Gasteiger partial charge in [-0.1, -0.05) is 6.07 Å². The molecule has 3 saturated heterocycles. The van der Waals surface area contributed by atoms with Gasteiger partial charge in [0.1, 0.15) is 5.75 Å². The largest absolute Gasteiger partial charge is 0.435 e. The van der Waals surface area contributed by atoms with Crippen molar-refractivity contribution in [2.75, 3.05) is 26.2 Å². The normalized spacial score (nSPS) is 26.8. The van der Waals surface area contributed by atoms with E-state index in [0.717, 1.165) is 32.0 Å². The number of hydrogen-bond acceptors (Lipinski definition) is 3. The van der Waals surface area contributed by atoms with E-state index in [0.29, 0.717) is 17.5 Å². The van der Waals surface area contributed by atoms with Crippen molar-refractivity contribution in [1.82, 2.24) is 9.80 Å². The molecule has 0 aromatic heterocycles. The van der Waals surface area contributed by atoms with E-state index >= 15 is 0 Å². The van der Waals surface area contributed by atoms with Gasteiger partial charge in [-0.2, -0.15) is 8.78 Å². The van der Waals surface area contributed by atoms with Crippen LogP contribution >= 0.6 is 0 Å². The standard InChI is InChI=1S/C19H24F2N2O2/c20-19(21)25-17-3-1-2-15(8-17)18(24)23-11-14-6-7-16(12-23)22(10-14)9-13-4-5-13/h1-3,8,13-14,16,19H,4-7,9-12H2/t14-,16-/m0/s1. The number of benzene rings is 1. The van der Waals surface area contributed by atoms with Crippen molar-refractivity contribution < 1.29 is 18.3 Å². The molecule has 0 radical (unpaired) electrons. The lowest BCUT2D eigenvalue weighted by Gasteiger charge is -2.36. The van der Waals surface area contributed by atoms with Gasteiger partial charge in [0.15, 0.2) is 0 Å². The average Bonchev–Trinajstić information content (AvgIpc) is 3.41. The Morgan fingerprint density at radius 2 is 2.00 bits per heavy atom. The summed E-state index contributed by atoms with van der Waals surface area (Å²) in [6.45, 7) is 0.870. The predicted molar refractivity (Wildman–Crippen MR) is 89.8 cm³/mol. The number of amides is 1. The third kappa shape index (κ3) is 3.94. The maximum atomic E-state index is 12.9. The lowest BCUT2D eigenvalue weighted by atomic mass is 9.95. The predicted octanol–water partition coefficient (Wildman–Crippen LogP) is 3.23. The summed E-state index contributed by atoms with van der Waals surface area (Å²) in [6, 6.07) is 6.57. The number of carbonyl (C=O) groups excluding carboxylic acids is 1. The van der Waals surface area contributed by atoms with Gasteiger partial charge in [0.2, 0.25) is 0 Å². The Morgan fingerprint density at radius 1 is 1.16 bits per heavy atom. The number of hydrogen-bond donors (Lipinski definition) is 0. The fraction of sp³-hybridized carbons (Fsp3) is 0.632. The first-order valence-corrected chi connectivity index (χ1v) is 9.16. The van der Waals surface area contributed by atoms with Crippen molar-refractivity contribution in [2.45, 2.75) is 38.3 Å². The highest BCUT2D eigenvalue weighted by molar-refractivity contribution is 5.94. The van der Waals surface area contributed by atoms with E-state index in [9.17, 15) is 13.6 Å². The third-order valence-electron chi connectivity index (χ3n) is 5.61. The lowest BCUT2D eigenvalue weighted by Crippen LogP contribution is -2.45. The van der Waals surface area contributed by atoms with Crippen molar-refractivity contribution in [3.05, 3.63) is 29.8 Å². The number of ether oxygens (including phenoxy) is 1. The van der Waals surface area contributed by atoms with Gasteiger partial charge >= 0.3 is 6.61 Å². The van der Waals surface area contributed by atoms with Crippen LogP contribution in [0.3, 0.4) is 0 Å². The van der Waals surface area contributed by atoms with Crippen molar-refractivity contribution in [2.24, 2.45) is 11.8 Å². The van der Waals surface area contributed by atoms with Crippen LogP contribution in [0, 0.1) is 11.8 Å². The first-order chi connectivity index (χ1) is 12.1. The highest BCUT2D eigenvalue weighted by atomic mass is 19.3. The van der Waals surface area contributed by atoms with Gasteiger partial charge < -0.3 is 9.64 Å². The summed E-state index contributed by atoms with van der Waals surface area (Å²) < 4.78 is 29.2. The van der Waals surface area contributed by atoms with Crippen LogP contribution < -0.4 is 4.74 Å². The summed E-state index contributed by atoms with van der Waals surface area (Å²) in [5.41, 5.74) is 0.424. The van der Waals surface area contributed by atoms with Crippen LogP contribution in [-0.4, -0.2) is 54.5 Å². The van der Waals surface area contributed by atoms with Gasteiger partial charge in [-0.05, 0) is 55.7 Å². The number of alkyl halides is 2. The molecule has 5 rings (SSSR count). The van der Waals surface area contributed by atoms with Crippen molar-refractivity contribution in [1.29, 1.82) is 0 Å². The number of fused-ring (bicyclic) bond motifs is 4. The Kier molecular flexibility index (Phi) is 4.63. The Hall–Kier alpha value is -1.69. The molecular formula is C19H24F2N2O2. The van der Waals surface area contributed by atoms with E-state index in [-0.39, 0.29) is 11.7 Å². The zero-order valence-corrected chi connectivity index (χ0v) is 14.2. The number of nitrogens with zero attached hydrogens (tertiary/aromatic N) is 2. The molecule has 1 saturated carbocycles. The van der Waals surface area contributed by atoms with Gasteiger partial charge in [0.05, 0.1) is 0 Å². The molecule has 1 aliphatic carbocycles. The van der Waals surface area contributed by atoms with E-state index in [2.05, 4.69) is 9.64 Å². The maximum absolute atomic E-state index is 12.9. The number of carbonyl (C=O) groups is 1. The molecule has 25 heavy (non-hydrogen) atoms. The molecule has 0 unspecified atom stereocenters. The monoisotopic (exact) mass is 350 g/mol. The molecule has 0 spiro atoms. The molecule has 3 aliphatic heterocycles. The summed E-state index contributed by atoms with van der Waals surface area (Å²) in [6.07, 6.45) is 5.00. The smallest absolute Gasteiger partial charge is 0.387 e. The number of rotatable bonds is 5. The van der Waals surface area contributed by atoms with E-state index in [1.165, 1.54) is 37.9 Å². The van der Waals surface area contributed by atoms with Gasteiger partial charge in [-0.3, -0.25) is 9.69 Å². The highest BCUT2D eigenvalue weighted by Gasteiger charge is 2.38. The summed E-state index contributed by atoms with van der Waals surface area (Å²) in [5, 5.41) is 0. The van der Waals surface area contributed by atoms with Crippen LogP contribution in [0.1, 0.15) is 36.0 Å². The first-order valence-electron chi connectivity index (χ1n) is 9.16. The molecule has 0 N–H and O–H groups in total. The van der Waals surface area contributed by atoms with Crippen LogP contribution in [0.15, 0.2) is 24.3 Å². The quantitative estimate of drug-likeness (QED) is 0.817. The van der Waals surface area contributed by atoms with Gasteiger partial charge in [-0.15, -0.1) is 0 Å². The summed E-state index contributed by atoms with van der Waals surface area (Å²) in [4.78, 5) is 17.4. The first kappa shape index (κ1) is 16.8. The number of halogens is 2. The van der Waals surface area contributed by atoms with E-state index in [1.807, 2.05) is 4.90 Å². The zero-order chi connectivity index (χ0) is 17.4. The molecule has 1 aromatic rings. The van der Waals surface area contributed by atoms with Crippen LogP contribution in [-0.2, 0) is 0 Å². The van der Waals surface area contributed by atoms with Crippen molar-refractivity contribution in [3.63, 3.8) is 0 Å². The summed E-state index contributed by atoms with van der Waals surface area (Å²) in [7, 11) is 0. The second-order valence-electron chi connectivity index (χ2n) is 7.61. The lowest BCUT2D eigenvalue weighted by molar-refractivity contribution is -0.0499. The van der Waals surface area contributed by atoms with Crippen LogP contribution in [0.5, 0.6) is 5.75 Å². The SMILES string of the molecule is O=C(c1cccc(OC(F)F)c1)N1C[C@H]2CC[C@@H](C1)N(CC1CC1)C2. The van der Waals surface area contributed by atoms with Gasteiger partial charge in [-0.25, -0.2) is 0 Å². The minimum atomic E-state index is -2.88. The maximum Gasteiger partial charge on any atom is 0.387 e. The molecule has 4 aliphatic rings. The Bertz CT molecular complexity index is 636. The minimum absolute atomic E-state index is 0.0361. The highest BCUT2D eigenvalue weighted by Crippen LogP contribution is 2.35. The minimum Gasteiger partial charge on any atom is -0.435 e. The molecule has 1 amide bonds. The molecule has 4 nitrogen and oxygen atoms in total. The van der Waals surface area contributed by atoms with Crippen molar-refractivity contribution >= 4 is 5.91 Å². The molecule has 2 atom stereocenters. The molecule has 1 aromatic carbocycles. The molecule has 2 bridgehead atoms.